The molecule has 0 aromatic heterocycles. The van der Waals surface area contributed by atoms with Crippen LogP contribution in [-0.2, 0) is 6.61 Å². The zero-order chi connectivity index (χ0) is 15.1. The number of halogens is 2. The Morgan fingerprint density at radius 1 is 1.19 bits per heavy atom. The van der Waals surface area contributed by atoms with Gasteiger partial charge in [0.2, 0.25) is 0 Å². The zero-order valence-electron chi connectivity index (χ0n) is 11.3. The first-order valence-corrected chi connectivity index (χ1v) is 6.84. The number of benzene rings is 2. The van der Waals surface area contributed by atoms with E-state index in [9.17, 15) is 4.39 Å². The molecule has 2 aromatic rings. The molecule has 0 heterocycles. The van der Waals surface area contributed by atoms with E-state index in [1.807, 2.05) is 18.2 Å². The van der Waals surface area contributed by atoms with Crippen LogP contribution in [0, 0.1) is 17.7 Å². The van der Waals surface area contributed by atoms with Gasteiger partial charge in [-0.3, -0.25) is 0 Å². The van der Waals surface area contributed by atoms with Crippen molar-refractivity contribution in [1.82, 2.24) is 0 Å². The van der Waals surface area contributed by atoms with E-state index in [0.717, 1.165) is 0 Å². The van der Waals surface area contributed by atoms with E-state index in [4.69, 9.17) is 21.4 Å². The Balaban J connectivity index is 2.13. The van der Waals surface area contributed by atoms with Crippen LogP contribution < -0.4 is 4.74 Å². The smallest absolute Gasteiger partial charge is 0.135 e. The molecule has 108 valence electrons. The van der Waals surface area contributed by atoms with Crippen molar-refractivity contribution in [3.63, 3.8) is 0 Å². The van der Waals surface area contributed by atoms with Gasteiger partial charge in [-0.1, -0.05) is 35.6 Å². The molecule has 21 heavy (non-hydrogen) atoms. The Hall–Kier alpha value is -2.02. The molecule has 0 fully saturated rings. The number of hydrogen-bond acceptors (Lipinski definition) is 2. The molecule has 2 rings (SSSR count). The molecule has 0 saturated heterocycles. The van der Waals surface area contributed by atoms with Crippen molar-refractivity contribution >= 4 is 11.6 Å². The van der Waals surface area contributed by atoms with Gasteiger partial charge in [0.1, 0.15) is 18.2 Å². The average molecular weight is 305 g/mol. The predicted molar refractivity (Wildman–Crippen MR) is 80.8 cm³/mol. The first-order valence-electron chi connectivity index (χ1n) is 6.46. The molecular weight excluding hydrogens is 291 g/mol. The summed E-state index contributed by atoms with van der Waals surface area (Å²) < 4.78 is 19.3. The van der Waals surface area contributed by atoms with Crippen LogP contribution in [0.2, 0.25) is 5.02 Å². The Kier molecular flexibility index (Phi) is 5.62. The lowest BCUT2D eigenvalue weighted by atomic mass is 10.2. The summed E-state index contributed by atoms with van der Waals surface area (Å²) in [4.78, 5) is 0. The molecule has 0 radical (unpaired) electrons. The number of aliphatic hydroxyl groups is 1. The fourth-order valence-corrected chi connectivity index (χ4v) is 1.91. The van der Waals surface area contributed by atoms with Crippen LogP contribution >= 0.6 is 11.6 Å². The van der Waals surface area contributed by atoms with Crippen LogP contribution in [0.1, 0.15) is 17.5 Å². The summed E-state index contributed by atoms with van der Waals surface area (Å²) in [5.41, 5.74) is 1.09. The molecule has 0 saturated carbocycles. The molecule has 2 aromatic carbocycles. The molecule has 0 amide bonds. The van der Waals surface area contributed by atoms with E-state index < -0.39 is 0 Å². The van der Waals surface area contributed by atoms with Gasteiger partial charge in [-0.25, -0.2) is 4.39 Å². The van der Waals surface area contributed by atoms with Crippen LogP contribution in [0.5, 0.6) is 5.75 Å². The Labute approximate surface area is 128 Å². The highest BCUT2D eigenvalue weighted by Gasteiger charge is 2.06. The standard InChI is InChI=1S/C17H14ClFO2/c18-15-8-9-16(19)14(11-15)12-21-17-7-2-1-5-13(17)6-3-4-10-20/h1-2,5,7-9,11,20H,4,10,12H2. The SMILES string of the molecule is OCCC#Cc1ccccc1OCc1cc(Cl)ccc1F. The van der Waals surface area contributed by atoms with Crippen molar-refractivity contribution in [3.05, 3.63) is 64.4 Å². The van der Waals surface area contributed by atoms with E-state index in [0.29, 0.717) is 28.3 Å². The van der Waals surface area contributed by atoms with Gasteiger partial charge in [0.05, 0.1) is 12.2 Å². The van der Waals surface area contributed by atoms with Crippen molar-refractivity contribution in [1.29, 1.82) is 0 Å². The fraction of sp³-hybridized carbons (Fsp3) is 0.176. The van der Waals surface area contributed by atoms with Crippen molar-refractivity contribution in [2.24, 2.45) is 0 Å². The molecule has 0 spiro atoms. The predicted octanol–water partition coefficient (Wildman–Crippen LogP) is 3.79. The minimum absolute atomic E-state index is 0.0176. The second kappa shape index (κ2) is 7.68. The van der Waals surface area contributed by atoms with E-state index in [2.05, 4.69) is 11.8 Å². The van der Waals surface area contributed by atoms with Crippen molar-refractivity contribution < 1.29 is 14.2 Å². The van der Waals surface area contributed by atoms with E-state index >= 15 is 0 Å². The number of ether oxygens (including phenoxy) is 1. The maximum absolute atomic E-state index is 13.6. The minimum Gasteiger partial charge on any atom is -0.487 e. The van der Waals surface area contributed by atoms with Gasteiger partial charge in [0.25, 0.3) is 0 Å². The molecule has 2 nitrogen and oxygen atoms in total. The van der Waals surface area contributed by atoms with Crippen LogP contribution in [0.15, 0.2) is 42.5 Å². The molecule has 0 aliphatic rings. The largest absolute Gasteiger partial charge is 0.487 e. The number of para-hydroxylation sites is 1. The minimum atomic E-state index is -0.358. The van der Waals surface area contributed by atoms with Crippen molar-refractivity contribution in [2.45, 2.75) is 13.0 Å². The monoisotopic (exact) mass is 304 g/mol. The number of aliphatic hydroxyl groups excluding tert-OH is 1. The van der Waals surface area contributed by atoms with Gasteiger partial charge < -0.3 is 9.84 Å². The van der Waals surface area contributed by atoms with Gasteiger partial charge in [-0.2, -0.15) is 0 Å². The van der Waals surface area contributed by atoms with E-state index in [1.54, 1.807) is 6.07 Å². The lowest BCUT2D eigenvalue weighted by molar-refractivity contribution is 0.299. The fourth-order valence-electron chi connectivity index (χ4n) is 1.72. The molecule has 1 N–H and O–H groups in total. The summed E-state index contributed by atoms with van der Waals surface area (Å²) >= 11 is 5.85. The molecular formula is C17H14ClFO2. The molecule has 0 aliphatic heterocycles. The zero-order valence-corrected chi connectivity index (χ0v) is 12.0. The third-order valence-corrected chi connectivity index (χ3v) is 2.97. The maximum Gasteiger partial charge on any atom is 0.135 e. The highest BCUT2D eigenvalue weighted by molar-refractivity contribution is 6.30. The lowest BCUT2D eigenvalue weighted by Crippen LogP contribution is -2.00. The Bertz CT molecular complexity index is 674. The third kappa shape index (κ3) is 4.49. The van der Waals surface area contributed by atoms with E-state index in [1.165, 1.54) is 18.2 Å². The summed E-state index contributed by atoms with van der Waals surface area (Å²) in [5, 5.41) is 9.20. The normalized spacial score (nSPS) is 9.86. The molecule has 0 unspecified atom stereocenters. The molecule has 0 aliphatic carbocycles. The van der Waals surface area contributed by atoms with Crippen LogP contribution in [-0.4, -0.2) is 11.7 Å². The molecule has 0 atom stereocenters. The summed E-state index contributed by atoms with van der Waals surface area (Å²) in [7, 11) is 0. The van der Waals surface area contributed by atoms with Gasteiger partial charge in [0.15, 0.2) is 0 Å². The molecule has 0 bridgehead atoms. The van der Waals surface area contributed by atoms with Gasteiger partial charge >= 0.3 is 0 Å². The average Bonchev–Trinajstić information content (AvgIpc) is 2.49. The Morgan fingerprint density at radius 3 is 2.81 bits per heavy atom. The quantitative estimate of drug-likeness (QED) is 0.871. The van der Waals surface area contributed by atoms with Crippen LogP contribution in [0.4, 0.5) is 4.39 Å². The summed E-state index contributed by atoms with van der Waals surface area (Å²) in [5.74, 6) is 5.97. The summed E-state index contributed by atoms with van der Waals surface area (Å²) in [6, 6.07) is 11.6. The summed E-state index contributed by atoms with van der Waals surface area (Å²) in [6.45, 7) is 0.0921. The lowest BCUT2D eigenvalue weighted by Gasteiger charge is -2.09. The first-order chi connectivity index (χ1) is 10.2. The topological polar surface area (TPSA) is 29.5 Å². The maximum atomic E-state index is 13.6. The van der Waals surface area contributed by atoms with Gasteiger partial charge in [-0.05, 0) is 30.3 Å². The van der Waals surface area contributed by atoms with Crippen LogP contribution in [0.25, 0.3) is 0 Å². The highest BCUT2D eigenvalue weighted by atomic mass is 35.5. The number of rotatable bonds is 4. The van der Waals surface area contributed by atoms with E-state index in [-0.39, 0.29) is 19.0 Å². The number of hydrogen-bond donors (Lipinski definition) is 1. The van der Waals surface area contributed by atoms with Crippen molar-refractivity contribution in [3.8, 4) is 17.6 Å². The van der Waals surface area contributed by atoms with Crippen molar-refractivity contribution in [2.75, 3.05) is 6.61 Å². The van der Waals surface area contributed by atoms with Crippen LogP contribution in [0.3, 0.4) is 0 Å². The first kappa shape index (κ1) is 15.4. The third-order valence-electron chi connectivity index (χ3n) is 2.74. The second-order valence-electron chi connectivity index (χ2n) is 4.30. The Morgan fingerprint density at radius 2 is 2.00 bits per heavy atom. The highest BCUT2D eigenvalue weighted by Crippen LogP contribution is 2.21. The van der Waals surface area contributed by atoms with Gasteiger partial charge in [0, 0.05) is 17.0 Å². The summed E-state index contributed by atoms with van der Waals surface area (Å²) in [6.07, 6.45) is 0.400. The van der Waals surface area contributed by atoms with Gasteiger partial charge in [-0.15, -0.1) is 0 Å². The second-order valence-corrected chi connectivity index (χ2v) is 4.73. The molecule has 4 heteroatoms.